The van der Waals surface area contributed by atoms with Crippen LogP contribution in [-0.4, -0.2) is 30.4 Å². The zero-order valence-electron chi connectivity index (χ0n) is 17.0. The number of aryl methyl sites for hydroxylation is 3. The molecule has 0 amide bonds. The number of hydrogen-bond acceptors (Lipinski definition) is 5. The predicted octanol–water partition coefficient (Wildman–Crippen LogP) is -1.08. The van der Waals surface area contributed by atoms with Crippen LogP contribution in [0.5, 0.6) is 0 Å². The molecule has 3 heterocycles. The van der Waals surface area contributed by atoms with E-state index >= 15 is 0 Å². The van der Waals surface area contributed by atoms with Gasteiger partial charge in [-0.25, -0.2) is 9.59 Å². The van der Waals surface area contributed by atoms with Gasteiger partial charge in [0.15, 0.2) is 0 Å². The molecule has 0 saturated heterocycles. The van der Waals surface area contributed by atoms with Crippen molar-refractivity contribution in [1.82, 2.24) is 19.3 Å². The van der Waals surface area contributed by atoms with Crippen LogP contribution in [-0.2, 0) is 20.0 Å². The van der Waals surface area contributed by atoms with Crippen LogP contribution in [0.3, 0.4) is 0 Å². The van der Waals surface area contributed by atoms with Crippen molar-refractivity contribution < 1.29 is 40.9 Å². The number of aromatic carboxylic acids is 1. The van der Waals surface area contributed by atoms with Gasteiger partial charge in [0.25, 0.3) is 5.56 Å². The Hall–Kier alpha value is -1.68. The summed E-state index contributed by atoms with van der Waals surface area (Å²) in [5.74, 6) is -1.16. The molecule has 2 N–H and O–H groups in total. The smallest absolute Gasteiger partial charge is 1.00 e. The van der Waals surface area contributed by atoms with Crippen molar-refractivity contribution in [2.75, 3.05) is 0 Å². The third-order valence-corrected chi connectivity index (χ3v) is 5.74. The molecule has 0 atom stereocenters. The maximum atomic E-state index is 12.7. The van der Waals surface area contributed by atoms with Gasteiger partial charge in [-0.15, -0.1) is 11.3 Å². The summed E-state index contributed by atoms with van der Waals surface area (Å²) in [4.78, 5) is 38.1. The van der Waals surface area contributed by atoms with Crippen molar-refractivity contribution in [3.8, 4) is 0 Å². The maximum Gasteiger partial charge on any atom is 1.00 e. The standard InChI is InChI=1S/C17H20N4O4S.Na.H/c1-5-6-21-15-13(14(22)20(4)17(21)25)12(16(23)24)11(26-15)7-10-8(2)18-19-9(10)3;;/h5-7H2,1-4H3,(H,18,19)(H,23,24);;/q;+1;-1. The number of nitrogens with zero attached hydrogens (tertiary/aromatic N) is 3. The number of nitrogens with one attached hydrogen (secondary N) is 1. The molecule has 27 heavy (non-hydrogen) atoms. The summed E-state index contributed by atoms with van der Waals surface area (Å²) in [7, 11) is 1.38. The van der Waals surface area contributed by atoms with Crippen LogP contribution in [0.25, 0.3) is 10.2 Å². The van der Waals surface area contributed by atoms with Gasteiger partial charge in [-0.1, -0.05) is 6.92 Å². The molecular formula is C17H21N4NaO4S. The molecule has 0 aliphatic carbocycles. The Balaban J connectivity index is 0.00000196. The van der Waals surface area contributed by atoms with Crippen LogP contribution in [0.4, 0.5) is 0 Å². The number of fused-ring (bicyclic) bond motifs is 1. The van der Waals surface area contributed by atoms with Crippen molar-refractivity contribution in [2.24, 2.45) is 7.05 Å². The van der Waals surface area contributed by atoms with Crippen molar-refractivity contribution in [1.29, 1.82) is 0 Å². The molecular weight excluding hydrogens is 379 g/mol. The van der Waals surface area contributed by atoms with E-state index < -0.39 is 17.2 Å². The minimum atomic E-state index is -1.16. The normalized spacial score (nSPS) is 11.0. The molecule has 0 aliphatic rings. The molecule has 8 nitrogen and oxygen atoms in total. The molecule has 0 saturated carbocycles. The molecule has 0 aromatic carbocycles. The number of carboxylic acids is 1. The van der Waals surface area contributed by atoms with Crippen molar-refractivity contribution in [3.05, 3.63) is 48.2 Å². The van der Waals surface area contributed by atoms with E-state index in [0.717, 1.165) is 21.5 Å². The molecule has 0 unspecified atom stereocenters. The Labute approximate surface area is 182 Å². The van der Waals surface area contributed by atoms with Gasteiger partial charge in [-0.05, 0) is 20.3 Å². The van der Waals surface area contributed by atoms with Crippen LogP contribution in [0.15, 0.2) is 9.59 Å². The summed E-state index contributed by atoms with van der Waals surface area (Å²) in [6, 6.07) is 0. The Morgan fingerprint density at radius 2 is 2.00 bits per heavy atom. The molecule has 3 aromatic heterocycles. The van der Waals surface area contributed by atoms with Gasteiger partial charge in [0.1, 0.15) is 4.83 Å². The first-order valence-electron chi connectivity index (χ1n) is 8.26. The van der Waals surface area contributed by atoms with Crippen LogP contribution in [0.2, 0.25) is 0 Å². The van der Waals surface area contributed by atoms with Crippen molar-refractivity contribution >= 4 is 27.5 Å². The number of thiophene rings is 1. The number of carbonyl (C=O) groups is 1. The van der Waals surface area contributed by atoms with Gasteiger partial charge in [0, 0.05) is 36.1 Å². The van der Waals surface area contributed by atoms with E-state index in [1.54, 1.807) is 0 Å². The fourth-order valence-electron chi connectivity index (χ4n) is 3.14. The zero-order valence-corrected chi connectivity index (χ0v) is 18.9. The molecule has 3 rings (SSSR count). The third-order valence-electron chi connectivity index (χ3n) is 4.52. The van der Waals surface area contributed by atoms with E-state index in [2.05, 4.69) is 10.2 Å². The van der Waals surface area contributed by atoms with E-state index in [9.17, 15) is 19.5 Å². The molecule has 0 bridgehead atoms. The zero-order chi connectivity index (χ0) is 19.2. The Morgan fingerprint density at radius 3 is 2.52 bits per heavy atom. The van der Waals surface area contributed by atoms with E-state index in [1.165, 1.54) is 23.0 Å². The first-order valence-corrected chi connectivity index (χ1v) is 9.08. The third kappa shape index (κ3) is 3.56. The Bertz CT molecular complexity index is 1130. The maximum absolute atomic E-state index is 12.7. The summed E-state index contributed by atoms with van der Waals surface area (Å²) < 4.78 is 2.47. The topological polar surface area (TPSA) is 110 Å². The van der Waals surface area contributed by atoms with Gasteiger partial charge < -0.3 is 6.53 Å². The van der Waals surface area contributed by atoms with E-state index in [4.69, 9.17) is 0 Å². The summed E-state index contributed by atoms with van der Waals surface area (Å²) in [6.07, 6.45) is 1.04. The van der Waals surface area contributed by atoms with Crippen molar-refractivity contribution in [2.45, 2.75) is 40.2 Å². The number of aromatic nitrogens is 4. The minimum Gasteiger partial charge on any atom is -1.00 e. The summed E-state index contributed by atoms with van der Waals surface area (Å²) in [5.41, 5.74) is 1.53. The van der Waals surface area contributed by atoms with Crippen LogP contribution in [0.1, 0.15) is 47.0 Å². The second-order valence-electron chi connectivity index (χ2n) is 6.27. The molecule has 10 heteroatoms. The van der Waals surface area contributed by atoms with Gasteiger partial charge >= 0.3 is 41.2 Å². The molecule has 0 fully saturated rings. The monoisotopic (exact) mass is 400 g/mol. The fraction of sp³-hybridized carbons (Fsp3) is 0.412. The first-order chi connectivity index (χ1) is 12.3. The van der Waals surface area contributed by atoms with Crippen LogP contribution in [0, 0.1) is 13.8 Å². The average molecular weight is 400 g/mol. The van der Waals surface area contributed by atoms with Crippen LogP contribution < -0.4 is 40.8 Å². The number of hydrogen-bond donors (Lipinski definition) is 2. The summed E-state index contributed by atoms with van der Waals surface area (Å²) in [6.45, 7) is 6.06. The quantitative estimate of drug-likeness (QED) is 0.530. The summed E-state index contributed by atoms with van der Waals surface area (Å²) >= 11 is 1.20. The molecule has 140 valence electrons. The second-order valence-corrected chi connectivity index (χ2v) is 7.36. The van der Waals surface area contributed by atoms with E-state index in [0.29, 0.717) is 29.1 Å². The van der Waals surface area contributed by atoms with Gasteiger partial charge in [0.2, 0.25) is 0 Å². The number of carboxylic acid groups (broad SMARTS) is 1. The van der Waals surface area contributed by atoms with Crippen molar-refractivity contribution in [3.63, 3.8) is 0 Å². The number of H-pyrrole nitrogens is 1. The molecule has 3 aromatic rings. The van der Waals surface area contributed by atoms with E-state index in [-0.39, 0.29) is 41.9 Å². The van der Waals surface area contributed by atoms with Gasteiger partial charge in [0.05, 0.1) is 16.6 Å². The molecule has 0 radical (unpaired) electrons. The van der Waals surface area contributed by atoms with Gasteiger partial charge in [-0.3, -0.25) is 19.0 Å². The van der Waals surface area contributed by atoms with E-state index in [1.807, 2.05) is 20.8 Å². The molecule has 0 spiro atoms. The number of aromatic amines is 1. The first kappa shape index (κ1) is 21.6. The fourth-order valence-corrected chi connectivity index (χ4v) is 4.45. The number of rotatable bonds is 5. The predicted molar refractivity (Wildman–Crippen MR) is 101 cm³/mol. The SMILES string of the molecule is CCCn1c(=O)n(C)c(=O)c2c(C(=O)O)c(Cc3c(C)n[nH]c3C)sc21.[H-].[Na+]. The second kappa shape index (κ2) is 8.14. The summed E-state index contributed by atoms with van der Waals surface area (Å²) in [5, 5.41) is 16.9. The van der Waals surface area contributed by atoms with Crippen LogP contribution >= 0.6 is 11.3 Å². The Kier molecular flexibility index (Phi) is 6.51. The molecule has 0 aliphatic heterocycles. The average Bonchev–Trinajstić information content (AvgIpc) is 3.12. The van der Waals surface area contributed by atoms with Gasteiger partial charge in [-0.2, -0.15) is 5.10 Å². The Morgan fingerprint density at radius 1 is 1.33 bits per heavy atom. The minimum absolute atomic E-state index is 0. The largest absolute Gasteiger partial charge is 1.00 e.